The maximum absolute atomic E-state index is 12.3. The Balaban J connectivity index is 0.00000300. The highest BCUT2D eigenvalue weighted by molar-refractivity contribution is 7.92. The topological polar surface area (TPSA) is 82.6 Å². The first-order valence-corrected chi connectivity index (χ1v) is 10.1. The molecule has 0 unspecified atom stereocenters. The Morgan fingerprint density at radius 3 is 2.00 bits per heavy atom. The molecule has 1 heterocycles. The fourth-order valence-electron chi connectivity index (χ4n) is 2.68. The number of alkyl halides is 3. The van der Waals surface area contributed by atoms with Crippen molar-refractivity contribution >= 4 is 39.8 Å². The van der Waals surface area contributed by atoms with Crippen LogP contribution in [0.2, 0.25) is 0 Å². The summed E-state index contributed by atoms with van der Waals surface area (Å²) >= 11 is 0. The number of nitrogens with one attached hydrogen (secondary N) is 3. The SMILES string of the molecule is Cl.O=S(=O)(CC(F)(F)F)Nc1ccc(Cc2ccc(NC3=NCCN3)cc2)cc1. The van der Waals surface area contributed by atoms with Gasteiger partial charge in [-0.1, -0.05) is 24.3 Å². The Bertz CT molecular complexity index is 947. The number of sulfonamides is 1. The maximum Gasteiger partial charge on any atom is 0.404 e. The summed E-state index contributed by atoms with van der Waals surface area (Å²) in [5.74, 6) is -1.17. The summed E-state index contributed by atoms with van der Waals surface area (Å²) in [7, 11) is -4.48. The van der Waals surface area contributed by atoms with Crippen LogP contribution in [0.3, 0.4) is 0 Å². The van der Waals surface area contributed by atoms with Gasteiger partial charge in [-0.25, -0.2) is 8.42 Å². The Kier molecular flexibility index (Phi) is 7.37. The minimum absolute atomic E-state index is 0. The van der Waals surface area contributed by atoms with Crippen LogP contribution in [0, 0.1) is 0 Å². The van der Waals surface area contributed by atoms with E-state index in [0.717, 1.165) is 35.9 Å². The first-order valence-electron chi connectivity index (χ1n) is 8.49. The molecule has 0 amide bonds. The zero-order chi connectivity index (χ0) is 20.2. The van der Waals surface area contributed by atoms with E-state index in [1.165, 1.54) is 12.1 Å². The Morgan fingerprint density at radius 1 is 0.966 bits per heavy atom. The molecule has 11 heteroatoms. The van der Waals surface area contributed by atoms with Gasteiger partial charge in [-0.15, -0.1) is 12.4 Å². The third kappa shape index (κ3) is 7.47. The molecule has 158 valence electrons. The molecule has 0 aromatic heterocycles. The molecule has 29 heavy (non-hydrogen) atoms. The minimum atomic E-state index is -4.78. The van der Waals surface area contributed by atoms with E-state index in [0.29, 0.717) is 6.42 Å². The van der Waals surface area contributed by atoms with Crippen LogP contribution >= 0.6 is 12.4 Å². The van der Waals surface area contributed by atoms with Gasteiger partial charge in [0.05, 0.1) is 6.54 Å². The van der Waals surface area contributed by atoms with E-state index < -0.39 is 22.0 Å². The van der Waals surface area contributed by atoms with Gasteiger partial charge in [-0.2, -0.15) is 13.2 Å². The number of guanidine groups is 1. The first kappa shape index (κ1) is 22.8. The van der Waals surface area contributed by atoms with Gasteiger partial charge in [0.15, 0.2) is 11.7 Å². The molecule has 0 aliphatic carbocycles. The van der Waals surface area contributed by atoms with E-state index in [1.807, 2.05) is 29.0 Å². The lowest BCUT2D eigenvalue weighted by Crippen LogP contribution is -2.27. The molecule has 0 spiro atoms. The number of hydrogen-bond acceptors (Lipinski definition) is 5. The number of rotatable bonds is 6. The second-order valence-corrected chi connectivity index (χ2v) is 8.05. The van der Waals surface area contributed by atoms with Crippen LogP contribution < -0.4 is 15.4 Å². The minimum Gasteiger partial charge on any atom is -0.354 e. The van der Waals surface area contributed by atoms with Crippen LogP contribution in [-0.2, 0) is 16.4 Å². The summed E-state index contributed by atoms with van der Waals surface area (Å²) in [4.78, 5) is 4.26. The van der Waals surface area contributed by atoms with E-state index in [9.17, 15) is 21.6 Å². The molecule has 0 radical (unpaired) electrons. The third-order valence-corrected chi connectivity index (χ3v) is 5.13. The van der Waals surface area contributed by atoms with Crippen molar-refractivity contribution < 1.29 is 21.6 Å². The predicted octanol–water partition coefficient (Wildman–Crippen LogP) is 3.37. The maximum atomic E-state index is 12.3. The van der Waals surface area contributed by atoms with Crippen molar-refractivity contribution in [2.45, 2.75) is 12.6 Å². The van der Waals surface area contributed by atoms with Gasteiger partial charge >= 0.3 is 6.18 Å². The Labute approximate surface area is 173 Å². The molecule has 3 rings (SSSR count). The molecule has 0 saturated carbocycles. The highest BCUT2D eigenvalue weighted by atomic mass is 35.5. The van der Waals surface area contributed by atoms with Crippen LogP contribution in [-0.4, -0.2) is 39.4 Å². The van der Waals surface area contributed by atoms with Crippen molar-refractivity contribution in [2.75, 3.05) is 28.9 Å². The number of nitrogens with zero attached hydrogens (tertiary/aromatic N) is 1. The highest BCUT2D eigenvalue weighted by Gasteiger charge is 2.35. The zero-order valence-electron chi connectivity index (χ0n) is 15.2. The second-order valence-electron chi connectivity index (χ2n) is 6.33. The average molecular weight is 449 g/mol. The Hall–Kier alpha value is -2.46. The van der Waals surface area contributed by atoms with Gasteiger partial charge < -0.3 is 10.6 Å². The smallest absolute Gasteiger partial charge is 0.354 e. The molecule has 0 bridgehead atoms. The van der Waals surface area contributed by atoms with Crippen LogP contribution in [0.15, 0.2) is 53.5 Å². The third-order valence-electron chi connectivity index (χ3n) is 3.88. The van der Waals surface area contributed by atoms with Crippen molar-refractivity contribution in [1.29, 1.82) is 0 Å². The highest BCUT2D eigenvalue weighted by Crippen LogP contribution is 2.20. The fraction of sp³-hybridized carbons (Fsp3) is 0.278. The molecular weight excluding hydrogens is 429 g/mol. The van der Waals surface area contributed by atoms with Crippen LogP contribution in [0.25, 0.3) is 0 Å². The number of hydrogen-bond donors (Lipinski definition) is 3. The van der Waals surface area contributed by atoms with Gasteiger partial charge in [0.1, 0.15) is 0 Å². The molecule has 2 aromatic carbocycles. The summed E-state index contributed by atoms with van der Waals surface area (Å²) in [6.07, 6.45) is -4.18. The summed E-state index contributed by atoms with van der Waals surface area (Å²) < 4.78 is 61.7. The number of anilines is 2. The predicted molar refractivity (Wildman–Crippen MR) is 110 cm³/mol. The van der Waals surface area contributed by atoms with E-state index in [-0.39, 0.29) is 18.1 Å². The van der Waals surface area contributed by atoms with Crippen LogP contribution in [0.4, 0.5) is 24.5 Å². The molecule has 6 nitrogen and oxygen atoms in total. The molecule has 1 aliphatic heterocycles. The molecule has 0 saturated heterocycles. The molecular formula is C18H20ClF3N4O2S. The summed E-state index contributed by atoms with van der Waals surface area (Å²) in [5, 5.41) is 6.29. The normalized spacial score (nSPS) is 13.8. The van der Waals surface area contributed by atoms with Gasteiger partial charge in [0.2, 0.25) is 10.0 Å². The van der Waals surface area contributed by atoms with E-state index in [2.05, 4.69) is 15.6 Å². The average Bonchev–Trinajstić information content (AvgIpc) is 3.09. The first-order chi connectivity index (χ1) is 13.2. The monoisotopic (exact) mass is 448 g/mol. The van der Waals surface area contributed by atoms with Crippen molar-refractivity contribution in [1.82, 2.24) is 5.32 Å². The lowest BCUT2D eigenvalue weighted by molar-refractivity contribution is -0.106. The number of halogens is 4. The van der Waals surface area contributed by atoms with E-state index >= 15 is 0 Å². The van der Waals surface area contributed by atoms with Gasteiger partial charge in [0.25, 0.3) is 0 Å². The second kappa shape index (κ2) is 9.36. The van der Waals surface area contributed by atoms with Crippen molar-refractivity contribution in [3.8, 4) is 0 Å². The lowest BCUT2D eigenvalue weighted by atomic mass is 10.0. The molecule has 0 atom stereocenters. The number of aliphatic imine (C=N–C) groups is 1. The van der Waals surface area contributed by atoms with Crippen molar-refractivity contribution in [3.63, 3.8) is 0 Å². The molecule has 0 fully saturated rings. The van der Waals surface area contributed by atoms with Crippen molar-refractivity contribution in [2.24, 2.45) is 4.99 Å². The zero-order valence-corrected chi connectivity index (χ0v) is 16.8. The van der Waals surface area contributed by atoms with Gasteiger partial charge in [0, 0.05) is 17.9 Å². The van der Waals surface area contributed by atoms with Crippen LogP contribution in [0.5, 0.6) is 0 Å². The van der Waals surface area contributed by atoms with Crippen LogP contribution in [0.1, 0.15) is 11.1 Å². The molecule has 1 aliphatic rings. The molecule has 2 aromatic rings. The van der Waals surface area contributed by atoms with Gasteiger partial charge in [-0.3, -0.25) is 9.71 Å². The van der Waals surface area contributed by atoms with Crippen molar-refractivity contribution in [3.05, 3.63) is 59.7 Å². The Morgan fingerprint density at radius 2 is 1.52 bits per heavy atom. The number of benzene rings is 2. The fourth-order valence-corrected chi connectivity index (χ4v) is 3.68. The van der Waals surface area contributed by atoms with Gasteiger partial charge in [-0.05, 0) is 41.8 Å². The summed E-state index contributed by atoms with van der Waals surface area (Å²) in [6, 6.07) is 14.0. The van der Waals surface area contributed by atoms with E-state index in [4.69, 9.17) is 0 Å². The summed E-state index contributed by atoms with van der Waals surface area (Å²) in [6.45, 7) is 1.57. The lowest BCUT2D eigenvalue weighted by Gasteiger charge is -2.11. The largest absolute Gasteiger partial charge is 0.404 e. The standard InChI is InChI=1S/C18H19F3N4O2S.ClH/c19-18(20,21)12-28(26,27)25-16-7-3-14(4-8-16)11-13-1-5-15(6-2-13)24-17-22-9-10-23-17;/h1-8,25H,9-12H2,(H2,22,23,24);1H. The van der Waals surface area contributed by atoms with E-state index in [1.54, 1.807) is 12.1 Å². The molecule has 3 N–H and O–H groups in total. The summed E-state index contributed by atoms with van der Waals surface area (Å²) in [5.41, 5.74) is 2.95. The quantitative estimate of drug-likeness (QED) is 0.632.